The molecule has 3 saturated carbocycles. The Bertz CT molecular complexity index is 217. The van der Waals surface area contributed by atoms with E-state index in [0.29, 0.717) is 6.04 Å². The van der Waals surface area contributed by atoms with Gasteiger partial charge in [0.25, 0.3) is 0 Å². The van der Waals surface area contributed by atoms with Crippen LogP contribution in [0.5, 0.6) is 0 Å². The molecular weight excluding hydrogens is 176 g/mol. The molecule has 5 atom stereocenters. The summed E-state index contributed by atoms with van der Waals surface area (Å²) in [4.78, 5) is 0. The van der Waals surface area contributed by atoms with Crippen LogP contribution in [0.1, 0.15) is 19.3 Å². The number of hydrogen-bond donors (Lipinski definition) is 2. The second kappa shape index (κ2) is 3.19. The average Bonchev–Trinajstić information content (AvgIpc) is 2.65. The van der Waals surface area contributed by atoms with Gasteiger partial charge in [-0.3, -0.25) is 11.3 Å². The standard InChI is InChI=1S/C11H20N2O/c1-14-5-8(13-12)11-9-6-2-3-7(4-6)10(9)11/h6-11,13H,2-5,12H2,1H3. The van der Waals surface area contributed by atoms with Crippen LogP contribution in [0, 0.1) is 29.6 Å². The molecular formula is C11H20N2O. The van der Waals surface area contributed by atoms with Crippen LogP contribution in [0.4, 0.5) is 0 Å². The molecule has 2 bridgehead atoms. The topological polar surface area (TPSA) is 47.3 Å². The molecule has 0 heterocycles. The molecule has 3 fully saturated rings. The average molecular weight is 196 g/mol. The lowest BCUT2D eigenvalue weighted by Gasteiger charge is -2.18. The fraction of sp³-hybridized carbons (Fsp3) is 1.00. The molecule has 0 amide bonds. The maximum absolute atomic E-state index is 5.58. The van der Waals surface area contributed by atoms with Crippen molar-refractivity contribution in [3.8, 4) is 0 Å². The summed E-state index contributed by atoms with van der Waals surface area (Å²) in [5.74, 6) is 10.5. The van der Waals surface area contributed by atoms with E-state index in [1.165, 1.54) is 19.3 Å². The van der Waals surface area contributed by atoms with E-state index >= 15 is 0 Å². The minimum Gasteiger partial charge on any atom is -0.383 e. The molecule has 3 nitrogen and oxygen atoms in total. The van der Waals surface area contributed by atoms with Crippen molar-refractivity contribution in [2.75, 3.05) is 13.7 Å². The Kier molecular flexibility index (Phi) is 2.08. The summed E-state index contributed by atoms with van der Waals surface area (Å²) in [7, 11) is 1.76. The van der Waals surface area contributed by atoms with E-state index in [2.05, 4.69) is 5.43 Å². The summed E-state index contributed by atoms with van der Waals surface area (Å²) in [6.07, 6.45) is 4.47. The summed E-state index contributed by atoms with van der Waals surface area (Å²) in [5.41, 5.74) is 2.94. The Hall–Kier alpha value is -0.120. The van der Waals surface area contributed by atoms with Crippen molar-refractivity contribution in [2.24, 2.45) is 35.4 Å². The molecule has 3 aliphatic carbocycles. The zero-order valence-corrected chi connectivity index (χ0v) is 8.78. The van der Waals surface area contributed by atoms with Gasteiger partial charge in [-0.1, -0.05) is 0 Å². The van der Waals surface area contributed by atoms with Gasteiger partial charge in [-0.15, -0.1) is 0 Å². The molecule has 0 aromatic carbocycles. The van der Waals surface area contributed by atoms with Crippen LogP contribution in [0.25, 0.3) is 0 Å². The van der Waals surface area contributed by atoms with E-state index < -0.39 is 0 Å². The van der Waals surface area contributed by atoms with Crippen molar-refractivity contribution in [1.29, 1.82) is 0 Å². The Labute approximate surface area is 85.3 Å². The highest BCUT2D eigenvalue weighted by atomic mass is 16.5. The lowest BCUT2D eigenvalue weighted by Crippen LogP contribution is -2.41. The zero-order valence-electron chi connectivity index (χ0n) is 8.78. The van der Waals surface area contributed by atoms with Crippen LogP contribution in [0.2, 0.25) is 0 Å². The zero-order chi connectivity index (χ0) is 9.71. The molecule has 0 saturated heterocycles. The highest BCUT2D eigenvalue weighted by molar-refractivity contribution is 5.15. The maximum Gasteiger partial charge on any atom is 0.0632 e. The van der Waals surface area contributed by atoms with Crippen molar-refractivity contribution in [3.05, 3.63) is 0 Å². The highest BCUT2D eigenvalue weighted by Crippen LogP contribution is 2.70. The number of rotatable bonds is 4. The molecule has 0 aliphatic heterocycles. The summed E-state index contributed by atoms with van der Waals surface area (Å²) in [6.45, 7) is 0.771. The number of ether oxygens (including phenoxy) is 1. The summed E-state index contributed by atoms with van der Waals surface area (Å²) >= 11 is 0. The van der Waals surface area contributed by atoms with Crippen molar-refractivity contribution in [1.82, 2.24) is 5.43 Å². The first-order chi connectivity index (χ1) is 6.86. The molecule has 80 valence electrons. The Balaban J connectivity index is 1.66. The van der Waals surface area contributed by atoms with E-state index in [-0.39, 0.29) is 0 Å². The van der Waals surface area contributed by atoms with E-state index in [0.717, 1.165) is 36.2 Å². The van der Waals surface area contributed by atoms with Crippen LogP contribution >= 0.6 is 0 Å². The van der Waals surface area contributed by atoms with Gasteiger partial charge in [-0.05, 0) is 48.9 Å². The molecule has 3 aliphatic rings. The summed E-state index contributed by atoms with van der Waals surface area (Å²) < 4.78 is 5.21. The number of nitrogens with two attached hydrogens (primary N) is 1. The highest BCUT2D eigenvalue weighted by Gasteiger charge is 2.66. The number of hydrazine groups is 1. The third-order valence-electron chi connectivity index (χ3n) is 4.82. The fourth-order valence-electron chi connectivity index (χ4n) is 4.38. The Morgan fingerprint density at radius 2 is 2.00 bits per heavy atom. The van der Waals surface area contributed by atoms with Crippen molar-refractivity contribution < 1.29 is 4.74 Å². The van der Waals surface area contributed by atoms with E-state index in [1.807, 2.05) is 0 Å². The number of hydrogen-bond acceptors (Lipinski definition) is 3. The molecule has 0 aromatic rings. The lowest BCUT2D eigenvalue weighted by molar-refractivity contribution is 0.148. The van der Waals surface area contributed by atoms with Gasteiger partial charge in [0.05, 0.1) is 6.61 Å². The third kappa shape index (κ3) is 1.09. The molecule has 3 heteroatoms. The van der Waals surface area contributed by atoms with Gasteiger partial charge in [-0.2, -0.15) is 0 Å². The second-order valence-electron chi connectivity index (χ2n) is 5.29. The monoisotopic (exact) mass is 196 g/mol. The van der Waals surface area contributed by atoms with Gasteiger partial charge in [0.2, 0.25) is 0 Å². The molecule has 3 N–H and O–H groups in total. The number of nitrogens with one attached hydrogen (secondary N) is 1. The first-order valence-corrected chi connectivity index (χ1v) is 5.82. The van der Waals surface area contributed by atoms with Gasteiger partial charge < -0.3 is 4.74 Å². The van der Waals surface area contributed by atoms with Gasteiger partial charge in [-0.25, -0.2) is 0 Å². The van der Waals surface area contributed by atoms with Crippen molar-refractivity contribution >= 4 is 0 Å². The number of fused-ring (bicyclic) bond motifs is 5. The predicted molar refractivity (Wildman–Crippen MR) is 54.3 cm³/mol. The van der Waals surface area contributed by atoms with Gasteiger partial charge in [0.15, 0.2) is 0 Å². The lowest BCUT2D eigenvalue weighted by atomic mass is 9.98. The molecule has 5 unspecified atom stereocenters. The van der Waals surface area contributed by atoms with Crippen LogP contribution in [-0.4, -0.2) is 19.8 Å². The van der Waals surface area contributed by atoms with E-state index in [9.17, 15) is 0 Å². The third-order valence-corrected chi connectivity index (χ3v) is 4.82. The first-order valence-electron chi connectivity index (χ1n) is 5.82. The van der Waals surface area contributed by atoms with Crippen LogP contribution in [0.3, 0.4) is 0 Å². The minimum atomic E-state index is 0.401. The Morgan fingerprint density at radius 3 is 2.50 bits per heavy atom. The molecule has 3 rings (SSSR count). The van der Waals surface area contributed by atoms with Gasteiger partial charge in [0.1, 0.15) is 0 Å². The van der Waals surface area contributed by atoms with Crippen molar-refractivity contribution in [2.45, 2.75) is 25.3 Å². The fourth-order valence-corrected chi connectivity index (χ4v) is 4.38. The molecule has 0 radical (unpaired) electrons. The van der Waals surface area contributed by atoms with Crippen LogP contribution < -0.4 is 11.3 Å². The van der Waals surface area contributed by atoms with E-state index in [4.69, 9.17) is 10.6 Å². The van der Waals surface area contributed by atoms with E-state index in [1.54, 1.807) is 7.11 Å². The number of methoxy groups -OCH3 is 1. The second-order valence-corrected chi connectivity index (χ2v) is 5.29. The Morgan fingerprint density at radius 1 is 1.36 bits per heavy atom. The molecule has 0 aromatic heterocycles. The SMILES string of the molecule is COCC(NN)C1C2C3CCC(C3)C21. The van der Waals surface area contributed by atoms with Gasteiger partial charge in [0, 0.05) is 13.2 Å². The molecule has 0 spiro atoms. The molecule has 14 heavy (non-hydrogen) atoms. The largest absolute Gasteiger partial charge is 0.383 e. The van der Waals surface area contributed by atoms with Gasteiger partial charge >= 0.3 is 0 Å². The summed E-state index contributed by atoms with van der Waals surface area (Å²) in [6, 6.07) is 0.401. The first kappa shape index (κ1) is 9.13. The summed E-state index contributed by atoms with van der Waals surface area (Å²) in [5, 5.41) is 0. The predicted octanol–water partition coefficient (Wildman–Crippen LogP) is 0.757. The normalized spacial score (nSPS) is 50.6. The quantitative estimate of drug-likeness (QED) is 0.515. The van der Waals surface area contributed by atoms with Crippen molar-refractivity contribution in [3.63, 3.8) is 0 Å². The van der Waals surface area contributed by atoms with Crippen LogP contribution in [-0.2, 0) is 4.74 Å². The van der Waals surface area contributed by atoms with Crippen LogP contribution in [0.15, 0.2) is 0 Å². The maximum atomic E-state index is 5.58. The smallest absolute Gasteiger partial charge is 0.0632 e. The minimum absolute atomic E-state index is 0.401.